The van der Waals surface area contributed by atoms with Crippen LogP contribution in [0.2, 0.25) is 0 Å². The SMILES string of the molecule is c1cc(-c2ccc3ccc4cccnc4c3n2)cc(-n2c3ccccc3c3c4c(ccc32)oc2ccccc24)c1. The second-order valence-corrected chi connectivity index (χ2v) is 10.2. The molecular weight excluding hydrogens is 490 g/mol. The summed E-state index contributed by atoms with van der Waals surface area (Å²) >= 11 is 0. The largest absolute Gasteiger partial charge is 0.456 e. The lowest BCUT2D eigenvalue weighted by atomic mass is 10.1. The molecule has 4 heteroatoms. The fourth-order valence-corrected chi connectivity index (χ4v) is 6.24. The molecule has 0 atom stereocenters. The van der Waals surface area contributed by atoms with E-state index in [1.54, 1.807) is 0 Å². The molecule has 0 saturated heterocycles. The number of furan rings is 1. The van der Waals surface area contributed by atoms with Gasteiger partial charge >= 0.3 is 0 Å². The molecule has 0 fully saturated rings. The van der Waals surface area contributed by atoms with Gasteiger partial charge in [-0.05, 0) is 48.5 Å². The Hall–Kier alpha value is -5.48. The summed E-state index contributed by atoms with van der Waals surface area (Å²) < 4.78 is 8.60. The maximum atomic E-state index is 6.24. The molecule has 40 heavy (non-hydrogen) atoms. The Morgan fingerprint density at radius 2 is 1.38 bits per heavy atom. The molecule has 4 aromatic heterocycles. The molecule has 0 saturated carbocycles. The lowest BCUT2D eigenvalue weighted by Gasteiger charge is -2.11. The Bertz CT molecular complexity index is 2450. The van der Waals surface area contributed by atoms with E-state index in [2.05, 4.69) is 113 Å². The number of hydrogen-bond acceptors (Lipinski definition) is 3. The molecule has 9 aromatic rings. The Morgan fingerprint density at radius 1 is 0.550 bits per heavy atom. The standard InChI is InChI=1S/C36H21N3O/c1-3-12-29-26(10-1)33-30(18-19-32-34(33)27-11-2-4-13-31(27)40-32)39(29)25-9-5-7-24(21-25)28-17-16-23-15-14-22-8-6-20-37-35(22)36(23)38-28/h1-21H. The average molecular weight is 512 g/mol. The van der Waals surface area contributed by atoms with Crippen molar-refractivity contribution in [2.24, 2.45) is 0 Å². The van der Waals surface area contributed by atoms with Crippen molar-refractivity contribution in [3.8, 4) is 16.9 Å². The summed E-state index contributed by atoms with van der Waals surface area (Å²) in [7, 11) is 0. The summed E-state index contributed by atoms with van der Waals surface area (Å²) in [6.07, 6.45) is 1.83. The van der Waals surface area contributed by atoms with Gasteiger partial charge in [-0.25, -0.2) is 4.98 Å². The van der Waals surface area contributed by atoms with E-state index in [9.17, 15) is 0 Å². The zero-order valence-corrected chi connectivity index (χ0v) is 21.4. The average Bonchev–Trinajstić information content (AvgIpc) is 3.56. The van der Waals surface area contributed by atoms with Crippen LogP contribution in [0.25, 0.3) is 82.5 Å². The zero-order valence-electron chi connectivity index (χ0n) is 21.4. The molecule has 0 amide bonds. The summed E-state index contributed by atoms with van der Waals surface area (Å²) in [5, 5.41) is 6.91. The number of nitrogens with zero attached hydrogens (tertiary/aromatic N) is 3. The Labute approximate surface area is 228 Å². The molecule has 0 bridgehead atoms. The highest BCUT2D eigenvalue weighted by atomic mass is 16.3. The van der Waals surface area contributed by atoms with Crippen molar-refractivity contribution in [2.75, 3.05) is 0 Å². The second kappa shape index (κ2) is 8.01. The number of para-hydroxylation sites is 2. The van der Waals surface area contributed by atoms with Crippen molar-refractivity contribution in [3.05, 3.63) is 128 Å². The fraction of sp³-hybridized carbons (Fsp3) is 0. The molecule has 186 valence electrons. The first-order valence-electron chi connectivity index (χ1n) is 13.4. The van der Waals surface area contributed by atoms with Crippen molar-refractivity contribution >= 4 is 65.6 Å². The van der Waals surface area contributed by atoms with Gasteiger partial charge in [0.2, 0.25) is 0 Å². The van der Waals surface area contributed by atoms with Crippen molar-refractivity contribution in [1.82, 2.24) is 14.5 Å². The van der Waals surface area contributed by atoms with Crippen LogP contribution in [-0.2, 0) is 0 Å². The van der Waals surface area contributed by atoms with Gasteiger partial charge in [0.15, 0.2) is 0 Å². The summed E-state index contributed by atoms with van der Waals surface area (Å²) in [6, 6.07) is 42.4. The van der Waals surface area contributed by atoms with Crippen LogP contribution in [0, 0.1) is 0 Å². The van der Waals surface area contributed by atoms with E-state index in [1.807, 2.05) is 24.4 Å². The third-order valence-electron chi connectivity index (χ3n) is 8.01. The van der Waals surface area contributed by atoms with Crippen LogP contribution in [0.5, 0.6) is 0 Å². The van der Waals surface area contributed by atoms with Crippen LogP contribution >= 0.6 is 0 Å². The molecule has 0 unspecified atom stereocenters. The smallest absolute Gasteiger partial charge is 0.136 e. The van der Waals surface area contributed by atoms with E-state index in [0.29, 0.717) is 0 Å². The molecular formula is C36H21N3O. The quantitative estimate of drug-likeness (QED) is 0.217. The van der Waals surface area contributed by atoms with E-state index in [4.69, 9.17) is 9.40 Å². The van der Waals surface area contributed by atoms with Crippen molar-refractivity contribution < 1.29 is 4.42 Å². The first kappa shape index (κ1) is 21.5. The van der Waals surface area contributed by atoms with Crippen LogP contribution in [0.15, 0.2) is 132 Å². The van der Waals surface area contributed by atoms with Gasteiger partial charge in [0, 0.05) is 49.8 Å². The first-order chi connectivity index (χ1) is 19.8. The summed E-state index contributed by atoms with van der Waals surface area (Å²) in [6.45, 7) is 0. The van der Waals surface area contributed by atoms with Gasteiger partial charge in [-0.3, -0.25) is 4.98 Å². The minimum atomic E-state index is 0.909. The molecule has 4 nitrogen and oxygen atoms in total. The van der Waals surface area contributed by atoms with Crippen LogP contribution in [0.4, 0.5) is 0 Å². The highest BCUT2D eigenvalue weighted by Crippen LogP contribution is 2.41. The van der Waals surface area contributed by atoms with Crippen LogP contribution in [0.1, 0.15) is 0 Å². The van der Waals surface area contributed by atoms with Gasteiger partial charge in [-0.15, -0.1) is 0 Å². The number of benzene rings is 5. The van der Waals surface area contributed by atoms with Gasteiger partial charge in [0.1, 0.15) is 11.2 Å². The zero-order chi connectivity index (χ0) is 26.2. The minimum absolute atomic E-state index is 0.909. The van der Waals surface area contributed by atoms with Crippen molar-refractivity contribution in [3.63, 3.8) is 0 Å². The highest BCUT2D eigenvalue weighted by molar-refractivity contribution is 6.27. The summed E-state index contributed by atoms with van der Waals surface area (Å²) in [4.78, 5) is 9.74. The maximum Gasteiger partial charge on any atom is 0.136 e. The maximum absolute atomic E-state index is 6.24. The number of aromatic nitrogens is 3. The number of hydrogen-bond donors (Lipinski definition) is 0. The molecule has 0 aliphatic rings. The molecule has 0 aliphatic carbocycles. The van der Waals surface area contributed by atoms with E-state index in [-0.39, 0.29) is 0 Å². The van der Waals surface area contributed by atoms with Gasteiger partial charge < -0.3 is 8.98 Å². The van der Waals surface area contributed by atoms with Gasteiger partial charge in [-0.1, -0.05) is 72.8 Å². The highest BCUT2D eigenvalue weighted by Gasteiger charge is 2.18. The molecule has 9 rings (SSSR count). The van der Waals surface area contributed by atoms with E-state index in [0.717, 1.165) is 71.7 Å². The third kappa shape index (κ3) is 2.96. The van der Waals surface area contributed by atoms with E-state index in [1.165, 1.54) is 10.8 Å². The first-order valence-corrected chi connectivity index (χ1v) is 13.4. The molecule has 4 heterocycles. The molecule has 0 N–H and O–H groups in total. The van der Waals surface area contributed by atoms with Crippen LogP contribution in [-0.4, -0.2) is 14.5 Å². The van der Waals surface area contributed by atoms with E-state index < -0.39 is 0 Å². The van der Waals surface area contributed by atoms with E-state index >= 15 is 0 Å². The van der Waals surface area contributed by atoms with Crippen LogP contribution < -0.4 is 0 Å². The van der Waals surface area contributed by atoms with Gasteiger partial charge in [-0.2, -0.15) is 0 Å². The van der Waals surface area contributed by atoms with Gasteiger partial charge in [0.05, 0.1) is 27.8 Å². The Balaban J connectivity index is 1.31. The lowest BCUT2D eigenvalue weighted by molar-refractivity contribution is 0.669. The van der Waals surface area contributed by atoms with Crippen molar-refractivity contribution in [1.29, 1.82) is 0 Å². The molecule has 0 aliphatic heterocycles. The molecule has 0 spiro atoms. The monoisotopic (exact) mass is 511 g/mol. The summed E-state index contributed by atoms with van der Waals surface area (Å²) in [5.74, 6) is 0. The number of fused-ring (bicyclic) bond motifs is 10. The molecule has 0 radical (unpaired) electrons. The number of pyridine rings is 2. The second-order valence-electron chi connectivity index (χ2n) is 10.2. The Morgan fingerprint density at radius 3 is 2.33 bits per heavy atom. The topological polar surface area (TPSA) is 43.9 Å². The predicted molar refractivity (Wildman–Crippen MR) is 164 cm³/mol. The summed E-state index contributed by atoms with van der Waals surface area (Å²) in [5.41, 5.74) is 9.06. The van der Waals surface area contributed by atoms with Crippen molar-refractivity contribution in [2.45, 2.75) is 0 Å². The predicted octanol–water partition coefficient (Wildman–Crippen LogP) is 9.45. The third-order valence-corrected chi connectivity index (χ3v) is 8.01. The lowest BCUT2D eigenvalue weighted by Crippen LogP contribution is -1.95. The Kier molecular flexibility index (Phi) is 4.30. The normalized spacial score (nSPS) is 12.0. The van der Waals surface area contributed by atoms with Gasteiger partial charge in [0.25, 0.3) is 0 Å². The minimum Gasteiger partial charge on any atom is -0.456 e. The fourth-order valence-electron chi connectivity index (χ4n) is 6.24. The van der Waals surface area contributed by atoms with Crippen LogP contribution in [0.3, 0.4) is 0 Å². The molecule has 5 aromatic carbocycles. The number of rotatable bonds is 2.